The molecule has 0 aromatic carbocycles. The molecule has 0 spiro atoms. The summed E-state index contributed by atoms with van der Waals surface area (Å²) in [6, 6.07) is 0. The largest absolute Gasteiger partial charge is 0.461 e. The summed E-state index contributed by atoms with van der Waals surface area (Å²) >= 11 is 6.15. The summed E-state index contributed by atoms with van der Waals surface area (Å²) in [5, 5.41) is 6.35. The number of rotatable bonds is 4. The highest BCUT2D eigenvalue weighted by molar-refractivity contribution is 9.10. The van der Waals surface area contributed by atoms with E-state index in [0.717, 1.165) is 0 Å². The number of H-pyrrole nitrogens is 1. The van der Waals surface area contributed by atoms with Crippen molar-refractivity contribution in [1.82, 2.24) is 10.2 Å². The molecule has 1 N–H and O–H groups in total. The number of esters is 1. The average molecular weight is 340 g/mol. The van der Waals surface area contributed by atoms with Crippen LogP contribution in [0.3, 0.4) is 0 Å². The van der Waals surface area contributed by atoms with Gasteiger partial charge in [-0.05, 0) is 22.9 Å². The van der Waals surface area contributed by atoms with Crippen LogP contribution in [0.15, 0.2) is 4.47 Å². The summed E-state index contributed by atoms with van der Waals surface area (Å²) in [5.74, 6) is -0.751. The number of Topliss-reactive ketones (excluding diaryl/α,β-unsaturated/α-hetero) is 1. The second-order valence-corrected chi connectivity index (χ2v) is 3.89. The van der Waals surface area contributed by atoms with Crippen LogP contribution in [0.25, 0.3) is 0 Å². The fraction of sp³-hybridized carbons (Fsp3) is 0.375. The van der Waals surface area contributed by atoms with Gasteiger partial charge in [0.2, 0.25) is 0 Å². The van der Waals surface area contributed by atoms with Crippen LogP contribution < -0.4 is 0 Å². The van der Waals surface area contributed by atoms with Gasteiger partial charge in [-0.25, -0.2) is 4.79 Å². The van der Waals surface area contributed by atoms with Crippen LogP contribution in [-0.4, -0.2) is 33.9 Å². The minimum Gasteiger partial charge on any atom is -0.461 e. The SMILES string of the molecule is CCOC(=O)c1[nH]nc(C(=O)CBr)c1Br. The third-order valence-electron chi connectivity index (χ3n) is 1.57. The summed E-state index contributed by atoms with van der Waals surface area (Å²) in [7, 11) is 0. The first-order chi connectivity index (χ1) is 7.11. The Hall–Kier alpha value is -0.690. The van der Waals surface area contributed by atoms with E-state index in [2.05, 4.69) is 42.1 Å². The number of ether oxygens (including phenoxy) is 1. The number of halogens is 2. The van der Waals surface area contributed by atoms with Crippen molar-refractivity contribution < 1.29 is 14.3 Å². The van der Waals surface area contributed by atoms with Crippen LogP contribution in [0, 0.1) is 0 Å². The Morgan fingerprint density at radius 2 is 2.20 bits per heavy atom. The predicted molar refractivity (Wildman–Crippen MR) is 60.4 cm³/mol. The first-order valence-corrected chi connectivity index (χ1v) is 6.03. The molecular weight excluding hydrogens is 332 g/mol. The molecule has 0 aliphatic rings. The molecule has 0 saturated carbocycles. The number of nitrogens with zero attached hydrogens (tertiary/aromatic N) is 1. The molecule has 0 aliphatic carbocycles. The molecular formula is C8H8Br2N2O3. The molecule has 0 radical (unpaired) electrons. The molecule has 1 aromatic rings. The van der Waals surface area contributed by atoms with Gasteiger partial charge in [-0.15, -0.1) is 0 Å². The van der Waals surface area contributed by atoms with Crippen LogP contribution in [0.1, 0.15) is 27.9 Å². The quantitative estimate of drug-likeness (QED) is 0.517. The highest BCUT2D eigenvalue weighted by atomic mass is 79.9. The van der Waals surface area contributed by atoms with Gasteiger partial charge in [-0.1, -0.05) is 15.9 Å². The van der Waals surface area contributed by atoms with Gasteiger partial charge in [0, 0.05) is 0 Å². The lowest BCUT2D eigenvalue weighted by Crippen LogP contribution is -2.06. The van der Waals surface area contributed by atoms with Crippen molar-refractivity contribution in [2.75, 3.05) is 11.9 Å². The summed E-state index contributed by atoms with van der Waals surface area (Å²) in [6.45, 7) is 1.97. The van der Waals surface area contributed by atoms with Crippen molar-refractivity contribution in [3.63, 3.8) is 0 Å². The van der Waals surface area contributed by atoms with E-state index in [0.29, 0.717) is 4.47 Å². The third kappa shape index (κ3) is 2.66. The molecule has 0 atom stereocenters. The number of hydrogen-bond donors (Lipinski definition) is 1. The van der Waals surface area contributed by atoms with Crippen molar-refractivity contribution in [3.8, 4) is 0 Å². The van der Waals surface area contributed by atoms with Gasteiger partial charge in [0.05, 0.1) is 16.4 Å². The Kier molecular flexibility index (Phi) is 4.46. The lowest BCUT2D eigenvalue weighted by atomic mass is 10.3. The van der Waals surface area contributed by atoms with Gasteiger partial charge < -0.3 is 4.74 Å². The van der Waals surface area contributed by atoms with Crippen LogP contribution >= 0.6 is 31.9 Å². The topological polar surface area (TPSA) is 72.1 Å². The minimum atomic E-state index is -0.537. The van der Waals surface area contributed by atoms with E-state index < -0.39 is 5.97 Å². The second kappa shape index (κ2) is 5.41. The van der Waals surface area contributed by atoms with Gasteiger partial charge in [-0.2, -0.15) is 5.10 Å². The zero-order valence-electron chi connectivity index (χ0n) is 7.84. The Morgan fingerprint density at radius 3 is 2.73 bits per heavy atom. The molecule has 0 unspecified atom stereocenters. The molecule has 82 valence electrons. The number of carbonyl (C=O) groups is 2. The fourth-order valence-electron chi connectivity index (χ4n) is 0.915. The monoisotopic (exact) mass is 338 g/mol. The van der Waals surface area contributed by atoms with Crippen LogP contribution in [0.4, 0.5) is 0 Å². The van der Waals surface area contributed by atoms with Gasteiger partial charge in [-0.3, -0.25) is 9.89 Å². The van der Waals surface area contributed by atoms with E-state index in [1.165, 1.54) is 0 Å². The van der Waals surface area contributed by atoms with Crippen molar-refractivity contribution in [3.05, 3.63) is 15.9 Å². The molecule has 5 nitrogen and oxygen atoms in total. The molecule has 7 heteroatoms. The maximum atomic E-state index is 11.3. The molecule has 15 heavy (non-hydrogen) atoms. The van der Waals surface area contributed by atoms with Gasteiger partial charge >= 0.3 is 5.97 Å². The molecule has 1 heterocycles. The second-order valence-electron chi connectivity index (χ2n) is 2.54. The highest BCUT2D eigenvalue weighted by Gasteiger charge is 2.21. The number of aromatic amines is 1. The van der Waals surface area contributed by atoms with Crippen LogP contribution in [-0.2, 0) is 4.74 Å². The van der Waals surface area contributed by atoms with Crippen LogP contribution in [0.2, 0.25) is 0 Å². The lowest BCUT2D eigenvalue weighted by molar-refractivity contribution is 0.0518. The Labute approximate surface area is 103 Å². The van der Waals surface area contributed by atoms with Crippen molar-refractivity contribution in [2.45, 2.75) is 6.92 Å². The number of hydrogen-bond acceptors (Lipinski definition) is 4. The van der Waals surface area contributed by atoms with Gasteiger partial charge in [0.25, 0.3) is 0 Å². The Bertz CT molecular complexity index is 389. The molecule has 1 rings (SSSR count). The van der Waals surface area contributed by atoms with E-state index >= 15 is 0 Å². The summed E-state index contributed by atoms with van der Waals surface area (Å²) in [6.07, 6.45) is 0. The Morgan fingerprint density at radius 1 is 1.53 bits per heavy atom. The molecule has 0 amide bonds. The number of alkyl halides is 1. The smallest absolute Gasteiger partial charge is 0.357 e. The standard InChI is InChI=1S/C8H8Br2N2O3/c1-2-15-8(14)7-5(10)6(11-12-7)4(13)3-9/h2-3H2,1H3,(H,11,12). The van der Waals surface area contributed by atoms with E-state index in [4.69, 9.17) is 4.74 Å². The summed E-state index contributed by atoms with van der Waals surface area (Å²) < 4.78 is 5.11. The van der Waals surface area contributed by atoms with Crippen molar-refractivity contribution in [1.29, 1.82) is 0 Å². The van der Waals surface area contributed by atoms with Gasteiger partial charge in [0.1, 0.15) is 5.69 Å². The van der Waals surface area contributed by atoms with E-state index in [1.54, 1.807) is 6.92 Å². The minimum absolute atomic E-state index is 0.152. The van der Waals surface area contributed by atoms with Crippen molar-refractivity contribution >= 4 is 43.6 Å². The molecule has 0 aliphatic heterocycles. The number of nitrogens with one attached hydrogen (secondary N) is 1. The number of aromatic nitrogens is 2. The maximum absolute atomic E-state index is 11.3. The molecule has 1 aromatic heterocycles. The average Bonchev–Trinajstić information content (AvgIpc) is 2.59. The zero-order chi connectivity index (χ0) is 11.4. The van der Waals surface area contributed by atoms with Crippen LogP contribution in [0.5, 0.6) is 0 Å². The number of ketones is 1. The normalized spacial score (nSPS) is 10.1. The fourth-order valence-corrected chi connectivity index (χ4v) is 1.74. The first-order valence-electron chi connectivity index (χ1n) is 4.12. The van der Waals surface area contributed by atoms with Crippen molar-refractivity contribution in [2.24, 2.45) is 0 Å². The molecule has 0 saturated heterocycles. The first kappa shape index (κ1) is 12.4. The number of carbonyl (C=O) groups excluding carboxylic acids is 2. The van der Waals surface area contributed by atoms with E-state index in [9.17, 15) is 9.59 Å². The third-order valence-corrected chi connectivity index (χ3v) is 2.85. The van der Waals surface area contributed by atoms with E-state index in [-0.39, 0.29) is 29.1 Å². The highest BCUT2D eigenvalue weighted by Crippen LogP contribution is 2.20. The zero-order valence-corrected chi connectivity index (χ0v) is 11.0. The maximum Gasteiger partial charge on any atom is 0.357 e. The summed E-state index contributed by atoms with van der Waals surface area (Å²) in [5.41, 5.74) is 0.344. The lowest BCUT2D eigenvalue weighted by Gasteiger charge is -1.98. The van der Waals surface area contributed by atoms with Gasteiger partial charge in [0.15, 0.2) is 11.5 Å². The van der Waals surface area contributed by atoms with E-state index in [1.807, 2.05) is 0 Å². The molecule has 0 bridgehead atoms. The Balaban J connectivity index is 2.98. The summed E-state index contributed by atoms with van der Waals surface area (Å²) in [4.78, 5) is 22.7. The molecule has 0 fully saturated rings. The predicted octanol–water partition coefficient (Wildman–Crippen LogP) is 1.93.